The lowest BCUT2D eigenvalue weighted by atomic mass is 10.4. The van der Waals surface area contributed by atoms with Gasteiger partial charge >= 0.3 is 0 Å². The van der Waals surface area contributed by atoms with Gasteiger partial charge in [-0.3, -0.25) is 4.98 Å². The van der Waals surface area contributed by atoms with Crippen LogP contribution in [-0.4, -0.2) is 19.6 Å². The highest BCUT2D eigenvalue weighted by molar-refractivity contribution is 5.49. The molecule has 0 amide bonds. The smallest absolute Gasteiger partial charge is 0.177 e. The summed E-state index contributed by atoms with van der Waals surface area (Å²) in [7, 11) is 0. The Bertz CT molecular complexity index is 457. The molecule has 0 bridgehead atoms. The standard InChI is InChI=1S/C10H12N4/c1-4-5-9-12-10-8(3)11-6-7(2)14(10)13-9/h4-6H,1-3H3/b5-4+. The fraction of sp³-hybridized carbons (Fsp3) is 0.300. The highest BCUT2D eigenvalue weighted by Gasteiger charge is 2.05. The van der Waals surface area contributed by atoms with Gasteiger partial charge in [-0.15, -0.1) is 5.10 Å². The molecule has 0 N–H and O–H groups in total. The second-order valence-corrected chi connectivity index (χ2v) is 3.19. The SMILES string of the molecule is C/C=C/c1nc2c(C)ncc(C)n2n1. The van der Waals surface area contributed by atoms with E-state index in [0.29, 0.717) is 0 Å². The number of hydrogen-bond donors (Lipinski definition) is 0. The molecule has 14 heavy (non-hydrogen) atoms. The molecule has 0 fully saturated rings. The summed E-state index contributed by atoms with van der Waals surface area (Å²) in [6.45, 7) is 5.85. The Morgan fingerprint density at radius 3 is 2.79 bits per heavy atom. The van der Waals surface area contributed by atoms with Crippen LogP contribution in [0.1, 0.15) is 24.1 Å². The molecule has 0 saturated heterocycles. The molecule has 0 spiro atoms. The first kappa shape index (κ1) is 8.87. The summed E-state index contributed by atoms with van der Waals surface area (Å²) in [5.74, 6) is 0.728. The molecule has 2 aromatic heterocycles. The second-order valence-electron chi connectivity index (χ2n) is 3.19. The van der Waals surface area contributed by atoms with Crippen LogP contribution in [0, 0.1) is 13.8 Å². The number of nitrogens with zero attached hydrogens (tertiary/aromatic N) is 4. The van der Waals surface area contributed by atoms with Crippen molar-refractivity contribution >= 4 is 11.7 Å². The molecule has 0 aliphatic carbocycles. The Kier molecular flexibility index (Phi) is 2.04. The van der Waals surface area contributed by atoms with Gasteiger partial charge < -0.3 is 0 Å². The molecule has 0 radical (unpaired) electrons. The van der Waals surface area contributed by atoms with Crippen molar-refractivity contribution in [3.8, 4) is 0 Å². The molecule has 2 heterocycles. The molecule has 2 rings (SSSR count). The Hall–Kier alpha value is -1.71. The van der Waals surface area contributed by atoms with Crippen LogP contribution in [0.4, 0.5) is 0 Å². The van der Waals surface area contributed by atoms with Crippen LogP contribution >= 0.6 is 0 Å². The van der Waals surface area contributed by atoms with Crippen molar-refractivity contribution in [1.29, 1.82) is 0 Å². The average Bonchev–Trinajstić information content (AvgIpc) is 2.57. The third kappa shape index (κ3) is 1.28. The summed E-state index contributed by atoms with van der Waals surface area (Å²) in [6, 6.07) is 0. The van der Waals surface area contributed by atoms with Crippen molar-refractivity contribution in [2.75, 3.05) is 0 Å². The molecule has 2 aromatic rings. The van der Waals surface area contributed by atoms with E-state index in [1.807, 2.05) is 37.4 Å². The van der Waals surface area contributed by atoms with Crippen molar-refractivity contribution in [2.45, 2.75) is 20.8 Å². The average molecular weight is 188 g/mol. The van der Waals surface area contributed by atoms with Crippen LogP contribution in [0.2, 0.25) is 0 Å². The van der Waals surface area contributed by atoms with Gasteiger partial charge in [-0.25, -0.2) is 9.50 Å². The van der Waals surface area contributed by atoms with Crippen molar-refractivity contribution < 1.29 is 0 Å². The molecule has 0 aliphatic rings. The molecule has 0 unspecified atom stereocenters. The van der Waals surface area contributed by atoms with Gasteiger partial charge in [0.2, 0.25) is 0 Å². The highest BCUT2D eigenvalue weighted by Crippen LogP contribution is 2.08. The van der Waals surface area contributed by atoms with E-state index in [4.69, 9.17) is 0 Å². The summed E-state index contributed by atoms with van der Waals surface area (Å²) >= 11 is 0. The Balaban J connectivity index is 2.75. The Morgan fingerprint density at radius 1 is 1.36 bits per heavy atom. The molecule has 4 nitrogen and oxygen atoms in total. The summed E-state index contributed by atoms with van der Waals surface area (Å²) in [6.07, 6.45) is 5.61. The van der Waals surface area contributed by atoms with Crippen molar-refractivity contribution in [3.05, 3.63) is 29.5 Å². The van der Waals surface area contributed by atoms with E-state index >= 15 is 0 Å². The lowest BCUT2D eigenvalue weighted by Crippen LogP contribution is -1.97. The third-order valence-electron chi connectivity index (χ3n) is 2.04. The van der Waals surface area contributed by atoms with Gasteiger partial charge in [0.05, 0.1) is 11.4 Å². The number of aromatic nitrogens is 4. The molecule has 0 aromatic carbocycles. The quantitative estimate of drug-likeness (QED) is 0.685. The lowest BCUT2D eigenvalue weighted by Gasteiger charge is -1.97. The second kappa shape index (κ2) is 3.21. The molecule has 0 aliphatic heterocycles. The van der Waals surface area contributed by atoms with Gasteiger partial charge in [0, 0.05) is 6.20 Å². The number of hydrogen-bond acceptors (Lipinski definition) is 3. The summed E-state index contributed by atoms with van der Waals surface area (Å²) < 4.78 is 1.82. The summed E-state index contributed by atoms with van der Waals surface area (Å²) in [4.78, 5) is 8.60. The topological polar surface area (TPSA) is 43.1 Å². The zero-order chi connectivity index (χ0) is 10.1. The van der Waals surface area contributed by atoms with Gasteiger partial charge in [-0.1, -0.05) is 6.08 Å². The molecular formula is C10H12N4. The van der Waals surface area contributed by atoms with Crippen LogP contribution in [0.5, 0.6) is 0 Å². The monoisotopic (exact) mass is 188 g/mol. The minimum atomic E-state index is 0.728. The summed E-state index contributed by atoms with van der Waals surface area (Å²) in [5, 5.41) is 4.34. The predicted octanol–water partition coefficient (Wildman–Crippen LogP) is 1.77. The van der Waals surface area contributed by atoms with Crippen LogP contribution in [-0.2, 0) is 0 Å². The number of allylic oxidation sites excluding steroid dienone is 1. The van der Waals surface area contributed by atoms with E-state index in [1.54, 1.807) is 6.20 Å². The Labute approximate surface area is 82.3 Å². The highest BCUT2D eigenvalue weighted by atomic mass is 15.3. The van der Waals surface area contributed by atoms with Gasteiger partial charge in [-0.05, 0) is 26.8 Å². The minimum Gasteiger partial charge on any atom is -0.256 e. The van der Waals surface area contributed by atoms with Gasteiger partial charge in [0.25, 0.3) is 0 Å². The number of aryl methyl sites for hydroxylation is 2. The third-order valence-corrected chi connectivity index (χ3v) is 2.04. The molecule has 0 atom stereocenters. The largest absolute Gasteiger partial charge is 0.256 e. The normalized spacial score (nSPS) is 11.6. The zero-order valence-electron chi connectivity index (χ0n) is 8.52. The summed E-state index contributed by atoms with van der Waals surface area (Å²) in [5.41, 5.74) is 2.73. The first-order valence-electron chi connectivity index (χ1n) is 4.54. The van der Waals surface area contributed by atoms with Crippen LogP contribution in [0.15, 0.2) is 12.3 Å². The van der Waals surface area contributed by atoms with E-state index < -0.39 is 0 Å². The van der Waals surface area contributed by atoms with E-state index in [2.05, 4.69) is 15.1 Å². The molecule has 0 saturated carbocycles. The first-order valence-corrected chi connectivity index (χ1v) is 4.54. The van der Waals surface area contributed by atoms with Crippen molar-refractivity contribution in [1.82, 2.24) is 19.6 Å². The van der Waals surface area contributed by atoms with E-state index in [9.17, 15) is 0 Å². The maximum absolute atomic E-state index is 4.37. The van der Waals surface area contributed by atoms with Crippen molar-refractivity contribution in [2.24, 2.45) is 0 Å². The maximum Gasteiger partial charge on any atom is 0.177 e. The molecule has 4 heteroatoms. The van der Waals surface area contributed by atoms with Gasteiger partial charge in [0.15, 0.2) is 11.5 Å². The maximum atomic E-state index is 4.37. The molecular weight excluding hydrogens is 176 g/mol. The first-order chi connectivity index (χ1) is 6.72. The number of fused-ring (bicyclic) bond motifs is 1. The van der Waals surface area contributed by atoms with Crippen molar-refractivity contribution in [3.63, 3.8) is 0 Å². The minimum absolute atomic E-state index is 0.728. The number of rotatable bonds is 1. The van der Waals surface area contributed by atoms with Crippen LogP contribution < -0.4 is 0 Å². The van der Waals surface area contributed by atoms with Crippen LogP contribution in [0.3, 0.4) is 0 Å². The van der Waals surface area contributed by atoms with Crippen LogP contribution in [0.25, 0.3) is 11.7 Å². The fourth-order valence-electron chi connectivity index (χ4n) is 1.33. The van der Waals surface area contributed by atoms with E-state index in [1.165, 1.54) is 0 Å². The predicted molar refractivity (Wildman–Crippen MR) is 55.0 cm³/mol. The van der Waals surface area contributed by atoms with E-state index in [-0.39, 0.29) is 0 Å². The molecule has 72 valence electrons. The lowest BCUT2D eigenvalue weighted by molar-refractivity contribution is 0.884. The zero-order valence-corrected chi connectivity index (χ0v) is 8.52. The van der Waals surface area contributed by atoms with Gasteiger partial charge in [0.1, 0.15) is 0 Å². The Morgan fingerprint density at radius 2 is 2.14 bits per heavy atom. The van der Waals surface area contributed by atoms with E-state index in [0.717, 1.165) is 22.9 Å². The fourth-order valence-corrected chi connectivity index (χ4v) is 1.33. The van der Waals surface area contributed by atoms with Gasteiger partial charge in [-0.2, -0.15) is 0 Å².